The molecule has 3 rings (SSSR count). The molecule has 7 nitrogen and oxygen atoms in total. The number of amidine groups is 1. The van der Waals surface area contributed by atoms with Crippen molar-refractivity contribution in [2.45, 2.75) is 37.0 Å². The van der Waals surface area contributed by atoms with Crippen LogP contribution < -0.4 is 10.0 Å². The number of pyridine rings is 1. The second kappa shape index (κ2) is 6.10. The van der Waals surface area contributed by atoms with Gasteiger partial charge in [-0.05, 0) is 64.9 Å². The first kappa shape index (κ1) is 18.4. The van der Waals surface area contributed by atoms with E-state index in [1.165, 1.54) is 12.1 Å². The normalized spacial score (nSPS) is 32.2. The zero-order chi connectivity index (χ0) is 18.5. The highest BCUT2D eigenvalue weighted by molar-refractivity contribution is 9.10. The molecule has 0 aromatic carbocycles. The first-order valence-corrected chi connectivity index (χ1v) is 10.6. The Kier molecular flexibility index (Phi) is 4.49. The largest absolute Gasteiger partial charge is 0.465 e. The van der Waals surface area contributed by atoms with Gasteiger partial charge in [0.2, 0.25) is 0 Å². The third kappa shape index (κ3) is 3.00. The van der Waals surface area contributed by atoms with Crippen LogP contribution in [0.15, 0.2) is 21.7 Å². The van der Waals surface area contributed by atoms with Crippen molar-refractivity contribution in [1.82, 2.24) is 15.0 Å². The number of fused-ring (bicyclic) bond motifs is 1. The zero-order valence-electron chi connectivity index (χ0n) is 13.8. The summed E-state index contributed by atoms with van der Waals surface area (Å²) in [6.07, 6.45) is 0.00559. The van der Waals surface area contributed by atoms with E-state index >= 15 is 0 Å². The minimum absolute atomic E-state index is 0.0382. The first-order chi connectivity index (χ1) is 11.6. The van der Waals surface area contributed by atoms with Crippen LogP contribution in [0.5, 0.6) is 0 Å². The number of amides is 1. The lowest BCUT2D eigenvalue weighted by molar-refractivity contribution is 0.199. The highest BCUT2D eigenvalue weighted by Gasteiger charge is 2.54. The molecule has 138 valence electrons. The fourth-order valence-corrected chi connectivity index (χ4v) is 7.28. The summed E-state index contributed by atoms with van der Waals surface area (Å²) >= 11 is 3.21. The number of rotatable bonds is 1. The van der Waals surface area contributed by atoms with Crippen molar-refractivity contribution in [2.24, 2.45) is 4.99 Å². The predicted molar refractivity (Wildman–Crippen MR) is 97.9 cm³/mol. The van der Waals surface area contributed by atoms with Crippen molar-refractivity contribution in [3.05, 3.63) is 28.2 Å². The van der Waals surface area contributed by atoms with E-state index in [1.54, 1.807) is 13.8 Å². The molecule has 10 heteroatoms. The van der Waals surface area contributed by atoms with Gasteiger partial charge in [0.25, 0.3) is 0 Å². The van der Waals surface area contributed by atoms with Crippen LogP contribution in [0.25, 0.3) is 0 Å². The molecule has 1 saturated heterocycles. The third-order valence-electron chi connectivity index (χ3n) is 4.95. The lowest BCUT2D eigenvalue weighted by Crippen LogP contribution is -2.68. The topological polar surface area (TPSA) is 104 Å². The van der Waals surface area contributed by atoms with Crippen LogP contribution in [0.4, 0.5) is 9.18 Å². The lowest BCUT2D eigenvalue weighted by Gasteiger charge is -2.52. The summed E-state index contributed by atoms with van der Waals surface area (Å²) in [6, 6.07) is 2.73. The highest BCUT2D eigenvalue weighted by Crippen LogP contribution is 2.43. The van der Waals surface area contributed by atoms with Crippen molar-refractivity contribution >= 4 is 38.0 Å². The minimum atomic E-state index is -3.09. The molecule has 0 unspecified atom stereocenters. The van der Waals surface area contributed by atoms with Crippen molar-refractivity contribution in [3.63, 3.8) is 0 Å². The molecular formula is C15H20BrFN4O3S. The fourth-order valence-electron chi connectivity index (χ4n) is 3.59. The van der Waals surface area contributed by atoms with Crippen molar-refractivity contribution in [2.75, 3.05) is 12.3 Å². The van der Waals surface area contributed by atoms with Gasteiger partial charge in [-0.1, -0.05) is 0 Å². The van der Waals surface area contributed by atoms with Crippen molar-refractivity contribution in [3.8, 4) is 0 Å². The maximum atomic E-state index is 14.4. The molecule has 2 atom stereocenters. The molecule has 0 aliphatic carbocycles. The number of aliphatic imine (C=N–C) groups is 1. The van der Waals surface area contributed by atoms with E-state index < -0.39 is 32.3 Å². The summed E-state index contributed by atoms with van der Waals surface area (Å²) in [5, 5.41) is 11.5. The molecule has 0 bridgehead atoms. The van der Waals surface area contributed by atoms with Crippen LogP contribution >= 0.6 is 15.9 Å². The summed E-state index contributed by atoms with van der Waals surface area (Å²) in [6.45, 7) is 3.95. The molecular weight excluding hydrogens is 415 g/mol. The Morgan fingerprint density at radius 3 is 2.88 bits per heavy atom. The van der Waals surface area contributed by atoms with E-state index in [-0.39, 0.29) is 17.3 Å². The second-order valence-corrected chi connectivity index (χ2v) is 10.7. The van der Waals surface area contributed by atoms with E-state index in [0.717, 1.165) is 6.42 Å². The van der Waals surface area contributed by atoms with Gasteiger partial charge in [0.1, 0.15) is 27.5 Å². The molecule has 3 N–H and O–H groups in total. The van der Waals surface area contributed by atoms with Crippen LogP contribution in [0.2, 0.25) is 0 Å². The summed E-state index contributed by atoms with van der Waals surface area (Å²) in [5.41, 5.74) is -1.21. The zero-order valence-corrected chi connectivity index (χ0v) is 16.3. The monoisotopic (exact) mass is 434 g/mol. The quantitative estimate of drug-likeness (QED) is 0.400. The summed E-state index contributed by atoms with van der Waals surface area (Å²) in [5.74, 6) is -0.399. The smallest absolute Gasteiger partial charge is 0.410 e. The Bertz CT molecular complexity index is 820. The summed E-state index contributed by atoms with van der Waals surface area (Å²) in [7, 11) is -3.09. The summed E-state index contributed by atoms with van der Waals surface area (Å²) < 4.78 is 30.7. The molecule has 3 heterocycles. The molecule has 2 aliphatic rings. The Balaban J connectivity index is 2.21. The molecule has 2 aliphatic heterocycles. The number of thiol groups is 1. The molecule has 25 heavy (non-hydrogen) atoms. The van der Waals surface area contributed by atoms with E-state index in [1.807, 2.05) is 0 Å². The minimum Gasteiger partial charge on any atom is -0.465 e. The number of aromatic nitrogens is 1. The average molecular weight is 435 g/mol. The second-order valence-electron chi connectivity index (χ2n) is 6.81. The maximum Gasteiger partial charge on any atom is 0.410 e. The molecule has 0 spiro atoms. The van der Waals surface area contributed by atoms with Crippen LogP contribution in [0.1, 0.15) is 32.4 Å². The summed E-state index contributed by atoms with van der Waals surface area (Å²) in [4.78, 5) is 20.0. The van der Waals surface area contributed by atoms with Gasteiger partial charge in [-0.3, -0.25) is 19.2 Å². The number of hydrogen-bond donors (Lipinski definition) is 4. The lowest BCUT2D eigenvalue weighted by atomic mass is 9.96. The Labute approximate surface area is 154 Å². The van der Waals surface area contributed by atoms with Crippen molar-refractivity contribution in [1.29, 1.82) is 0 Å². The van der Waals surface area contributed by atoms with Gasteiger partial charge in [-0.2, -0.15) is 0 Å². The predicted octanol–water partition coefficient (Wildman–Crippen LogP) is 1.95. The molecule has 0 radical (unpaired) electrons. The number of carbonyl (C=O) groups is 1. The number of hydrogen-bond acceptors (Lipinski definition) is 4. The third-order valence-corrected chi connectivity index (χ3v) is 9.22. The SMILES string of the molecule is C[C@@]1(c2nc(Br)ccc2F)C[SH]2(=O)NCCC[C@]2(C)C(NC(=O)O)=N1. The van der Waals surface area contributed by atoms with Crippen molar-refractivity contribution < 1.29 is 18.5 Å². The number of nitrogens with one attached hydrogen (secondary N) is 2. The molecule has 1 fully saturated rings. The fraction of sp³-hybridized carbons (Fsp3) is 0.533. The van der Waals surface area contributed by atoms with Gasteiger partial charge in [0.15, 0.2) is 0 Å². The highest BCUT2D eigenvalue weighted by atomic mass is 79.9. The van der Waals surface area contributed by atoms with Crippen LogP contribution in [-0.4, -0.2) is 43.3 Å². The van der Waals surface area contributed by atoms with Gasteiger partial charge in [-0.25, -0.2) is 14.2 Å². The standard InChI is InChI=1S/C15H20BrFN4O3S/c1-14(11-9(17)4-5-10(16)19-11)8-25(24)15(2,6-3-7-18-25)12(21-14)20-13(22)23/h4-5,25H,3,6-8H2,1-2H3,(H,18,24)(H,20,21)(H,22,23)/t14-,15+/m0/s1. The van der Waals surface area contributed by atoms with Gasteiger partial charge in [0, 0.05) is 12.3 Å². The number of carboxylic acid groups (broad SMARTS) is 1. The van der Waals surface area contributed by atoms with Crippen LogP contribution in [0.3, 0.4) is 0 Å². The maximum absolute atomic E-state index is 14.4. The average Bonchev–Trinajstić information content (AvgIpc) is 2.50. The van der Waals surface area contributed by atoms with Crippen LogP contribution in [0, 0.1) is 5.82 Å². The molecule has 1 aromatic rings. The van der Waals surface area contributed by atoms with E-state index in [9.17, 15) is 18.5 Å². The molecule has 1 amide bonds. The van der Waals surface area contributed by atoms with E-state index in [2.05, 4.69) is 35.9 Å². The number of halogens is 2. The van der Waals surface area contributed by atoms with Gasteiger partial charge < -0.3 is 5.11 Å². The Morgan fingerprint density at radius 2 is 2.20 bits per heavy atom. The van der Waals surface area contributed by atoms with E-state index in [0.29, 0.717) is 17.6 Å². The van der Waals surface area contributed by atoms with Gasteiger partial charge in [0.05, 0.1) is 4.75 Å². The van der Waals surface area contributed by atoms with Crippen LogP contribution in [-0.2, 0) is 15.7 Å². The van der Waals surface area contributed by atoms with E-state index in [4.69, 9.17) is 0 Å². The van der Waals surface area contributed by atoms with Gasteiger partial charge in [-0.15, -0.1) is 0 Å². The Hall–Kier alpha value is -1.39. The molecule has 1 aromatic heterocycles. The molecule has 0 saturated carbocycles. The number of nitrogens with zero attached hydrogens (tertiary/aromatic N) is 2. The van der Waals surface area contributed by atoms with Gasteiger partial charge >= 0.3 is 6.09 Å². The first-order valence-electron chi connectivity index (χ1n) is 7.87. The Morgan fingerprint density at radius 1 is 1.48 bits per heavy atom.